The molecule has 3 heterocycles. The van der Waals surface area contributed by atoms with Crippen molar-refractivity contribution in [3.63, 3.8) is 0 Å². The number of aryl methyl sites for hydroxylation is 1. The van der Waals surface area contributed by atoms with E-state index < -0.39 is 11.7 Å². The third kappa shape index (κ3) is 6.19. The monoisotopic (exact) mass is 512 g/mol. The number of amides is 1. The molecule has 37 heavy (non-hydrogen) atoms. The van der Waals surface area contributed by atoms with E-state index >= 15 is 0 Å². The lowest BCUT2D eigenvalue weighted by atomic mass is 9.93. The lowest BCUT2D eigenvalue weighted by molar-refractivity contribution is -0.0688. The number of anilines is 1. The lowest BCUT2D eigenvalue weighted by Crippen LogP contribution is -2.43. The first kappa shape index (κ1) is 26.4. The summed E-state index contributed by atoms with van der Waals surface area (Å²) in [6.07, 6.45) is 2.62. The van der Waals surface area contributed by atoms with Gasteiger partial charge in [-0.25, -0.2) is 4.98 Å². The van der Waals surface area contributed by atoms with Crippen LogP contribution in [0.3, 0.4) is 0 Å². The average Bonchev–Trinajstić information content (AvgIpc) is 3.28. The fraction of sp³-hybridized carbons (Fsp3) is 0.370. The summed E-state index contributed by atoms with van der Waals surface area (Å²) in [6.45, 7) is 7.55. The summed E-state index contributed by atoms with van der Waals surface area (Å²) in [7, 11) is 3.80. The first-order valence-electron chi connectivity index (χ1n) is 12.1. The molecule has 0 spiro atoms. The summed E-state index contributed by atoms with van der Waals surface area (Å²) in [5.41, 5.74) is 0.320. The zero-order chi connectivity index (χ0) is 26.7. The van der Waals surface area contributed by atoms with Gasteiger partial charge in [0, 0.05) is 48.8 Å². The number of fused-ring (bicyclic) bond motifs is 1. The molecule has 1 aliphatic rings. The molecule has 3 aromatic rings. The number of nitrogens with zero attached hydrogens (tertiary/aromatic N) is 4. The molecule has 1 aromatic carbocycles. The number of nitrogens with one attached hydrogen (secondary N) is 2. The molecule has 0 aliphatic carbocycles. The first-order valence-corrected chi connectivity index (χ1v) is 12.1. The Morgan fingerprint density at radius 3 is 2.73 bits per heavy atom. The van der Waals surface area contributed by atoms with Gasteiger partial charge in [-0.1, -0.05) is 31.7 Å². The number of aromatic nitrogens is 3. The van der Waals surface area contributed by atoms with Crippen molar-refractivity contribution in [2.24, 2.45) is 13.0 Å². The van der Waals surface area contributed by atoms with Crippen LogP contribution in [0.25, 0.3) is 22.4 Å². The average molecular weight is 513 g/mol. The van der Waals surface area contributed by atoms with Crippen LogP contribution in [0, 0.1) is 5.92 Å². The molecule has 4 rings (SSSR count). The van der Waals surface area contributed by atoms with Crippen molar-refractivity contribution in [3.05, 3.63) is 66.3 Å². The molecular formula is C27H31F3N6O. The van der Waals surface area contributed by atoms with Crippen LogP contribution < -0.4 is 10.6 Å². The van der Waals surface area contributed by atoms with Gasteiger partial charge >= 0.3 is 6.18 Å². The van der Waals surface area contributed by atoms with Gasteiger partial charge in [-0.2, -0.15) is 18.3 Å². The number of benzene rings is 1. The molecular weight excluding hydrogens is 481 g/mol. The van der Waals surface area contributed by atoms with Gasteiger partial charge in [0.2, 0.25) is 0 Å². The Hall–Kier alpha value is -3.66. The summed E-state index contributed by atoms with van der Waals surface area (Å²) in [5, 5.41) is 11.3. The molecule has 1 amide bonds. The third-order valence-electron chi connectivity index (χ3n) is 6.61. The number of likely N-dealkylation sites (tertiary alicyclic amines) is 1. The van der Waals surface area contributed by atoms with Gasteiger partial charge in [-0.15, -0.1) is 0 Å². The number of hydrogen-bond acceptors (Lipinski definition) is 5. The summed E-state index contributed by atoms with van der Waals surface area (Å²) in [4.78, 5) is 18.8. The fourth-order valence-electron chi connectivity index (χ4n) is 4.61. The molecule has 2 aromatic heterocycles. The highest BCUT2D eigenvalue weighted by molar-refractivity contribution is 6.01. The second-order valence-electron chi connectivity index (χ2n) is 9.57. The number of rotatable bonds is 7. The van der Waals surface area contributed by atoms with Crippen LogP contribution in [0.4, 0.5) is 18.9 Å². The number of carbonyl (C=O) groups is 1. The number of hydrogen-bond donors (Lipinski definition) is 2. The second-order valence-corrected chi connectivity index (χ2v) is 9.57. The van der Waals surface area contributed by atoms with E-state index in [1.807, 2.05) is 6.07 Å². The third-order valence-corrected chi connectivity index (χ3v) is 6.61. The Balaban J connectivity index is 1.63. The van der Waals surface area contributed by atoms with Crippen molar-refractivity contribution in [2.75, 3.05) is 32.0 Å². The minimum absolute atomic E-state index is 0.177. The maximum Gasteiger partial charge on any atom is 0.417 e. The maximum absolute atomic E-state index is 13.7. The number of alkyl halides is 3. The molecule has 2 atom stereocenters. The minimum atomic E-state index is -4.62. The van der Waals surface area contributed by atoms with Gasteiger partial charge in [-0.05, 0) is 44.1 Å². The number of allylic oxidation sites excluding steroid dienone is 1. The van der Waals surface area contributed by atoms with E-state index in [0.717, 1.165) is 25.2 Å². The smallest absolute Gasteiger partial charge is 0.381 e. The van der Waals surface area contributed by atoms with Gasteiger partial charge in [0.05, 0.1) is 28.7 Å². The van der Waals surface area contributed by atoms with E-state index in [1.54, 1.807) is 43.6 Å². The number of piperidine rings is 1. The molecule has 0 radical (unpaired) electrons. The van der Waals surface area contributed by atoms with Gasteiger partial charge < -0.3 is 15.5 Å². The summed E-state index contributed by atoms with van der Waals surface area (Å²) >= 11 is 0. The van der Waals surface area contributed by atoms with Gasteiger partial charge in [0.1, 0.15) is 0 Å². The fourth-order valence-corrected chi connectivity index (χ4v) is 4.61. The summed E-state index contributed by atoms with van der Waals surface area (Å²) in [5.74, 6) is 0.0809. The van der Waals surface area contributed by atoms with Gasteiger partial charge in [0.15, 0.2) is 0 Å². The van der Waals surface area contributed by atoms with Crippen molar-refractivity contribution in [2.45, 2.75) is 25.6 Å². The Morgan fingerprint density at radius 1 is 1.27 bits per heavy atom. The van der Waals surface area contributed by atoms with Crippen LogP contribution in [-0.4, -0.2) is 64.5 Å². The minimum Gasteiger partial charge on any atom is -0.381 e. The molecule has 1 aliphatic heterocycles. The van der Waals surface area contributed by atoms with E-state index in [1.165, 1.54) is 10.9 Å². The standard InChI is InChI=1S/C27H31F3N6O/c1-17-15-35(3)12-10-23(17)34-24-9-5-8-21-22(24)13-20(33-25(21)18(2)27(28,29)30)7-6-11-31-26(37)19-14-32-36(4)16-19/h5-9,13-14,16-17,23,34H,2,10-12,15H2,1,3-4H3,(H,31,37)/b7-6+. The molecule has 2 N–H and O–H groups in total. The summed E-state index contributed by atoms with van der Waals surface area (Å²) in [6, 6.07) is 7.23. The van der Waals surface area contributed by atoms with Crippen LogP contribution in [0.2, 0.25) is 0 Å². The molecule has 196 valence electrons. The molecule has 10 heteroatoms. The largest absolute Gasteiger partial charge is 0.417 e. The predicted molar refractivity (Wildman–Crippen MR) is 140 cm³/mol. The maximum atomic E-state index is 13.7. The zero-order valence-corrected chi connectivity index (χ0v) is 21.1. The highest BCUT2D eigenvalue weighted by Crippen LogP contribution is 2.37. The molecule has 1 fully saturated rings. The zero-order valence-electron chi connectivity index (χ0n) is 21.1. The van der Waals surface area contributed by atoms with E-state index in [9.17, 15) is 18.0 Å². The molecule has 7 nitrogen and oxygen atoms in total. The van der Waals surface area contributed by atoms with E-state index in [-0.39, 0.29) is 24.2 Å². The van der Waals surface area contributed by atoms with Crippen molar-refractivity contribution in [3.8, 4) is 0 Å². The Morgan fingerprint density at radius 2 is 2.05 bits per heavy atom. The van der Waals surface area contributed by atoms with Crippen molar-refractivity contribution in [1.82, 2.24) is 25.0 Å². The van der Waals surface area contributed by atoms with Crippen LogP contribution in [-0.2, 0) is 7.05 Å². The molecule has 0 bridgehead atoms. The molecule has 1 saturated heterocycles. The van der Waals surface area contributed by atoms with E-state index in [0.29, 0.717) is 27.9 Å². The van der Waals surface area contributed by atoms with Crippen LogP contribution in [0.5, 0.6) is 0 Å². The quantitative estimate of drug-likeness (QED) is 0.479. The Bertz CT molecular complexity index is 1330. The predicted octanol–water partition coefficient (Wildman–Crippen LogP) is 4.74. The topological polar surface area (TPSA) is 75.1 Å². The SMILES string of the molecule is C=C(c1nc(/C=C/CNC(=O)c2cnn(C)c2)cc2c(NC3CCN(C)CC3C)cccc12)C(F)(F)F. The first-order chi connectivity index (χ1) is 17.5. The van der Waals surface area contributed by atoms with Crippen LogP contribution in [0.1, 0.15) is 35.1 Å². The highest BCUT2D eigenvalue weighted by atomic mass is 19.4. The number of carbonyl (C=O) groups excluding carboxylic acids is 1. The van der Waals surface area contributed by atoms with Crippen LogP contribution in [0.15, 0.2) is 49.3 Å². The summed E-state index contributed by atoms with van der Waals surface area (Å²) < 4.78 is 42.6. The normalized spacial score (nSPS) is 18.9. The van der Waals surface area contributed by atoms with Crippen molar-refractivity contribution < 1.29 is 18.0 Å². The highest BCUT2D eigenvalue weighted by Gasteiger charge is 2.35. The Labute approximate surface area is 214 Å². The van der Waals surface area contributed by atoms with Gasteiger partial charge in [0.25, 0.3) is 5.91 Å². The Kier molecular flexibility index (Phi) is 7.68. The number of pyridine rings is 1. The number of halogens is 3. The second kappa shape index (κ2) is 10.8. The van der Waals surface area contributed by atoms with E-state index in [4.69, 9.17) is 0 Å². The molecule has 2 unspecified atom stereocenters. The van der Waals surface area contributed by atoms with Crippen LogP contribution >= 0.6 is 0 Å². The molecule has 0 saturated carbocycles. The van der Waals surface area contributed by atoms with Crippen molar-refractivity contribution >= 4 is 34.0 Å². The van der Waals surface area contributed by atoms with Gasteiger partial charge in [-0.3, -0.25) is 9.48 Å². The van der Waals surface area contributed by atoms with Crippen molar-refractivity contribution in [1.29, 1.82) is 0 Å². The lowest BCUT2D eigenvalue weighted by Gasteiger charge is -2.36. The van der Waals surface area contributed by atoms with E-state index in [2.05, 4.69) is 46.2 Å².